The third kappa shape index (κ3) is 4.48. The average molecular weight is 383 g/mol. The van der Waals surface area contributed by atoms with Crippen molar-refractivity contribution in [2.45, 2.75) is 68.3 Å². The maximum Gasteiger partial charge on any atom is 0.217 e. The van der Waals surface area contributed by atoms with Crippen molar-refractivity contribution in [3.63, 3.8) is 0 Å². The third-order valence-corrected chi connectivity index (χ3v) is 4.36. The largest absolute Gasteiger partial charge is 0.394 e. The van der Waals surface area contributed by atoms with Gasteiger partial charge in [-0.25, -0.2) is 0 Å². The summed E-state index contributed by atoms with van der Waals surface area (Å²) < 4.78 is 15.5. The molecule has 2 fully saturated rings. The van der Waals surface area contributed by atoms with Gasteiger partial charge in [-0.05, 0) is 0 Å². The molecule has 1 amide bonds. The predicted octanol–water partition coefficient (Wildman–Crippen LogP) is -5.25. The smallest absolute Gasteiger partial charge is 0.217 e. The maximum atomic E-state index is 11.1. The van der Waals surface area contributed by atoms with E-state index in [1.165, 1.54) is 6.92 Å². The minimum Gasteiger partial charge on any atom is -0.394 e. The number of carbonyl (C=O) groups is 1. The molecular weight excluding hydrogens is 358 g/mol. The van der Waals surface area contributed by atoms with E-state index in [1.807, 2.05) is 0 Å². The maximum absolute atomic E-state index is 11.1. The van der Waals surface area contributed by atoms with E-state index < -0.39 is 80.5 Å². The van der Waals surface area contributed by atoms with Gasteiger partial charge in [0.05, 0.1) is 13.2 Å². The van der Waals surface area contributed by atoms with E-state index in [-0.39, 0.29) is 0 Å². The Morgan fingerprint density at radius 1 is 0.923 bits per heavy atom. The van der Waals surface area contributed by atoms with Crippen LogP contribution < -0.4 is 5.32 Å². The van der Waals surface area contributed by atoms with Gasteiger partial charge < -0.3 is 55.3 Å². The highest BCUT2D eigenvalue weighted by Gasteiger charge is 2.47. The van der Waals surface area contributed by atoms with Crippen molar-refractivity contribution in [1.82, 2.24) is 5.32 Å². The summed E-state index contributed by atoms with van der Waals surface area (Å²) in [5.74, 6) is -0.542. The molecule has 12 heteroatoms. The molecule has 2 saturated heterocycles. The van der Waals surface area contributed by atoms with Crippen LogP contribution in [0.2, 0.25) is 0 Å². The number of carbonyl (C=O) groups excluding carboxylic acids is 1. The van der Waals surface area contributed by atoms with Crippen LogP contribution in [0.3, 0.4) is 0 Å². The number of nitrogens with one attached hydrogen (secondary N) is 1. The van der Waals surface area contributed by atoms with Crippen molar-refractivity contribution in [3.8, 4) is 0 Å². The third-order valence-electron chi connectivity index (χ3n) is 4.36. The fourth-order valence-corrected chi connectivity index (χ4v) is 2.87. The standard InChI is InChI=1S/C14H25NO11/c1-4(17)15-7-10(20)9(19)6(25-13(7)23)3-24-14-12(22)11(21)8(18)5(2-16)26-14/h5-14,16,18-23H,2-3H2,1H3,(H,15,17)/t5-,6-,7-,8-,9-,10-,11+,12-,13+,14-/m1/s1. The van der Waals surface area contributed by atoms with Gasteiger partial charge in [0, 0.05) is 6.92 Å². The molecule has 0 aromatic rings. The molecule has 0 bridgehead atoms. The zero-order valence-electron chi connectivity index (χ0n) is 14.0. The number of aliphatic hydroxyl groups excluding tert-OH is 7. The molecule has 0 radical (unpaired) electrons. The topological polar surface area (TPSA) is 198 Å². The summed E-state index contributed by atoms with van der Waals surface area (Å²) in [5.41, 5.74) is 0. The molecule has 152 valence electrons. The lowest BCUT2D eigenvalue weighted by Gasteiger charge is -2.42. The van der Waals surface area contributed by atoms with Crippen molar-refractivity contribution in [3.05, 3.63) is 0 Å². The van der Waals surface area contributed by atoms with E-state index in [0.29, 0.717) is 0 Å². The van der Waals surface area contributed by atoms with Gasteiger partial charge in [0.1, 0.15) is 48.8 Å². The van der Waals surface area contributed by atoms with E-state index >= 15 is 0 Å². The number of ether oxygens (including phenoxy) is 3. The molecule has 26 heavy (non-hydrogen) atoms. The lowest BCUT2D eigenvalue weighted by molar-refractivity contribution is -0.318. The van der Waals surface area contributed by atoms with Crippen molar-refractivity contribution < 1.29 is 54.8 Å². The average Bonchev–Trinajstić information content (AvgIpc) is 2.59. The highest BCUT2D eigenvalue weighted by molar-refractivity contribution is 5.73. The van der Waals surface area contributed by atoms with Gasteiger partial charge in [-0.3, -0.25) is 4.79 Å². The first-order valence-corrected chi connectivity index (χ1v) is 8.06. The summed E-state index contributed by atoms with van der Waals surface area (Å²) in [6, 6.07) is -1.24. The summed E-state index contributed by atoms with van der Waals surface area (Å²) in [6.45, 7) is 0.0636. The Labute approximate surface area is 148 Å². The van der Waals surface area contributed by atoms with Crippen molar-refractivity contribution >= 4 is 5.91 Å². The van der Waals surface area contributed by atoms with E-state index in [9.17, 15) is 35.4 Å². The minimum absolute atomic E-state index is 0.467. The highest BCUT2D eigenvalue weighted by atomic mass is 16.7. The lowest BCUT2D eigenvalue weighted by atomic mass is 9.97. The molecule has 2 aliphatic heterocycles. The van der Waals surface area contributed by atoms with Crippen LogP contribution in [0, 0.1) is 0 Å². The fourth-order valence-electron chi connectivity index (χ4n) is 2.87. The molecule has 2 aliphatic rings. The molecule has 12 nitrogen and oxygen atoms in total. The Balaban J connectivity index is 1.95. The molecule has 0 aromatic carbocycles. The van der Waals surface area contributed by atoms with Crippen LogP contribution >= 0.6 is 0 Å². The number of hydrogen-bond donors (Lipinski definition) is 8. The van der Waals surface area contributed by atoms with Gasteiger partial charge in [0.15, 0.2) is 12.6 Å². The number of hydrogen-bond acceptors (Lipinski definition) is 11. The fraction of sp³-hybridized carbons (Fsp3) is 0.929. The molecule has 2 heterocycles. The van der Waals surface area contributed by atoms with Crippen LogP contribution in [0.1, 0.15) is 6.92 Å². The van der Waals surface area contributed by atoms with Crippen LogP contribution in [0.4, 0.5) is 0 Å². The Kier molecular flexibility index (Phi) is 7.27. The van der Waals surface area contributed by atoms with Crippen LogP contribution in [0.25, 0.3) is 0 Å². The highest BCUT2D eigenvalue weighted by Crippen LogP contribution is 2.24. The quantitative estimate of drug-likeness (QED) is 0.226. The Morgan fingerprint density at radius 2 is 1.54 bits per heavy atom. The lowest BCUT2D eigenvalue weighted by Crippen LogP contribution is -2.64. The van der Waals surface area contributed by atoms with Crippen LogP contribution in [0.5, 0.6) is 0 Å². The summed E-state index contributed by atoms with van der Waals surface area (Å²) in [5, 5.41) is 70.6. The number of amides is 1. The second-order valence-corrected chi connectivity index (χ2v) is 6.30. The molecular formula is C14H25NO11. The van der Waals surface area contributed by atoms with E-state index in [2.05, 4.69) is 5.32 Å². The van der Waals surface area contributed by atoms with Gasteiger partial charge in [0.2, 0.25) is 5.91 Å². The predicted molar refractivity (Wildman–Crippen MR) is 80.2 cm³/mol. The first-order valence-electron chi connectivity index (χ1n) is 8.06. The second-order valence-electron chi connectivity index (χ2n) is 6.30. The van der Waals surface area contributed by atoms with Crippen LogP contribution in [0.15, 0.2) is 0 Å². The molecule has 0 spiro atoms. The monoisotopic (exact) mass is 383 g/mol. The Morgan fingerprint density at radius 3 is 2.12 bits per heavy atom. The first-order chi connectivity index (χ1) is 12.2. The molecule has 0 aliphatic carbocycles. The van der Waals surface area contributed by atoms with Crippen molar-refractivity contribution in [2.75, 3.05) is 13.2 Å². The molecule has 0 aromatic heterocycles. The zero-order chi connectivity index (χ0) is 19.6. The number of aliphatic hydroxyl groups is 7. The van der Waals surface area contributed by atoms with Gasteiger partial charge in [-0.15, -0.1) is 0 Å². The Bertz CT molecular complexity index is 478. The minimum atomic E-state index is -1.64. The summed E-state index contributed by atoms with van der Waals surface area (Å²) in [4.78, 5) is 11.1. The van der Waals surface area contributed by atoms with Crippen molar-refractivity contribution in [1.29, 1.82) is 0 Å². The van der Waals surface area contributed by atoms with Gasteiger partial charge in [0.25, 0.3) is 0 Å². The summed E-state index contributed by atoms with van der Waals surface area (Å²) in [7, 11) is 0. The molecule has 2 rings (SSSR count). The molecule has 0 saturated carbocycles. The second kappa shape index (κ2) is 8.84. The van der Waals surface area contributed by atoms with Crippen LogP contribution in [-0.4, -0.2) is 116 Å². The van der Waals surface area contributed by atoms with E-state index in [1.54, 1.807) is 0 Å². The molecule has 0 unspecified atom stereocenters. The van der Waals surface area contributed by atoms with Gasteiger partial charge in [-0.1, -0.05) is 0 Å². The molecule has 10 atom stereocenters. The van der Waals surface area contributed by atoms with Crippen molar-refractivity contribution in [2.24, 2.45) is 0 Å². The number of rotatable bonds is 5. The van der Waals surface area contributed by atoms with Gasteiger partial charge in [-0.2, -0.15) is 0 Å². The van der Waals surface area contributed by atoms with E-state index in [0.717, 1.165) is 0 Å². The first kappa shape index (κ1) is 21.4. The summed E-state index contributed by atoms with van der Waals surface area (Å²) >= 11 is 0. The normalized spacial score (nSPS) is 46.8. The van der Waals surface area contributed by atoms with Gasteiger partial charge >= 0.3 is 0 Å². The van der Waals surface area contributed by atoms with E-state index in [4.69, 9.17) is 19.3 Å². The van der Waals surface area contributed by atoms with Crippen LogP contribution in [-0.2, 0) is 19.0 Å². The SMILES string of the molecule is CC(=O)N[C@@H]1[C@@H](O)[C@H](O)[C@@H](CO[C@@H]2O[C@H](CO)[C@@H](O)[C@H](O)[C@H]2O)O[C@@H]1O. The summed E-state index contributed by atoms with van der Waals surface area (Å²) in [6.07, 6.45) is -13.4. The molecule has 8 N–H and O–H groups in total. The Hall–Kier alpha value is -0.930. The zero-order valence-corrected chi connectivity index (χ0v) is 14.0.